The van der Waals surface area contributed by atoms with E-state index < -0.39 is 0 Å². The number of aliphatic hydroxyl groups excluding tert-OH is 1. The van der Waals surface area contributed by atoms with E-state index in [2.05, 4.69) is 11.8 Å². The van der Waals surface area contributed by atoms with Gasteiger partial charge in [0.25, 0.3) is 5.91 Å². The number of hydrogen-bond donors (Lipinski definition) is 1. The Morgan fingerprint density at radius 2 is 1.95 bits per heavy atom. The number of amides is 1. The van der Waals surface area contributed by atoms with Crippen LogP contribution in [0.3, 0.4) is 0 Å². The van der Waals surface area contributed by atoms with Gasteiger partial charge in [0, 0.05) is 30.6 Å². The largest absolute Gasteiger partial charge is 0.395 e. The van der Waals surface area contributed by atoms with Crippen molar-refractivity contribution in [3.05, 3.63) is 35.4 Å². The normalized spacial score (nSPS) is 14.7. The summed E-state index contributed by atoms with van der Waals surface area (Å²) < 4.78 is 0. The molecular formula is C17H21NO2. The van der Waals surface area contributed by atoms with E-state index in [0.717, 1.165) is 18.4 Å². The lowest BCUT2D eigenvalue weighted by atomic mass is 10.1. The first-order valence-electron chi connectivity index (χ1n) is 7.19. The van der Waals surface area contributed by atoms with E-state index in [1.165, 1.54) is 12.8 Å². The predicted molar refractivity (Wildman–Crippen MR) is 79.4 cm³/mol. The van der Waals surface area contributed by atoms with Gasteiger partial charge in [-0.15, -0.1) is 0 Å². The van der Waals surface area contributed by atoms with Crippen LogP contribution < -0.4 is 0 Å². The van der Waals surface area contributed by atoms with E-state index in [1.807, 2.05) is 36.2 Å². The van der Waals surface area contributed by atoms with Crippen LogP contribution in [0.2, 0.25) is 0 Å². The summed E-state index contributed by atoms with van der Waals surface area (Å²) in [6, 6.07) is 7.78. The van der Waals surface area contributed by atoms with Crippen LogP contribution >= 0.6 is 0 Å². The first kappa shape index (κ1) is 14.6. The van der Waals surface area contributed by atoms with Gasteiger partial charge in [-0.25, -0.2) is 0 Å². The van der Waals surface area contributed by atoms with Gasteiger partial charge in [0.1, 0.15) is 0 Å². The number of aliphatic hydroxyl groups is 1. The number of hydrogen-bond acceptors (Lipinski definition) is 2. The molecule has 106 valence electrons. The molecule has 0 aliphatic heterocycles. The van der Waals surface area contributed by atoms with Crippen molar-refractivity contribution < 1.29 is 9.90 Å². The summed E-state index contributed by atoms with van der Waals surface area (Å²) in [4.78, 5) is 14.2. The van der Waals surface area contributed by atoms with Gasteiger partial charge >= 0.3 is 0 Å². The van der Waals surface area contributed by atoms with Crippen molar-refractivity contribution in [1.29, 1.82) is 0 Å². The molecule has 3 nitrogen and oxygen atoms in total. The van der Waals surface area contributed by atoms with Crippen LogP contribution in [0.25, 0.3) is 0 Å². The predicted octanol–water partition coefficient (Wildman–Crippen LogP) is 2.44. The Bertz CT molecular complexity index is 504. The van der Waals surface area contributed by atoms with Crippen LogP contribution in [0.5, 0.6) is 0 Å². The van der Waals surface area contributed by atoms with E-state index in [1.54, 1.807) is 0 Å². The summed E-state index contributed by atoms with van der Waals surface area (Å²) in [5.41, 5.74) is 1.59. The zero-order chi connectivity index (χ0) is 14.4. The molecule has 3 heteroatoms. The molecule has 2 rings (SSSR count). The van der Waals surface area contributed by atoms with Gasteiger partial charge in [0.05, 0.1) is 6.61 Å². The van der Waals surface area contributed by atoms with Crippen LogP contribution in [-0.4, -0.2) is 35.6 Å². The van der Waals surface area contributed by atoms with E-state index >= 15 is 0 Å². The number of carbonyl (C=O) groups excluding carboxylic acids is 1. The second kappa shape index (κ2) is 7.12. The van der Waals surface area contributed by atoms with Gasteiger partial charge < -0.3 is 10.0 Å². The Labute approximate surface area is 120 Å². The standard InChI is InChI=1S/C17H21NO2/c1-18(16-7-2-3-8-16)17(20)15-11-9-14(10-12-15)6-4-5-13-19/h9-12,16,19H,2-3,5,7-8,13H2,1H3. The molecule has 0 unspecified atom stereocenters. The molecule has 1 aliphatic rings. The summed E-state index contributed by atoms with van der Waals surface area (Å²) >= 11 is 0. The summed E-state index contributed by atoms with van der Waals surface area (Å²) in [7, 11) is 1.90. The third-order valence-corrected chi connectivity index (χ3v) is 3.79. The van der Waals surface area contributed by atoms with E-state index in [4.69, 9.17) is 5.11 Å². The van der Waals surface area contributed by atoms with Crippen molar-refractivity contribution in [2.75, 3.05) is 13.7 Å². The van der Waals surface area contributed by atoms with E-state index in [0.29, 0.717) is 18.0 Å². The number of carbonyl (C=O) groups is 1. The Balaban J connectivity index is 2.02. The van der Waals surface area contributed by atoms with Crippen LogP contribution in [0, 0.1) is 11.8 Å². The maximum absolute atomic E-state index is 12.4. The Morgan fingerprint density at radius 1 is 1.30 bits per heavy atom. The van der Waals surface area contributed by atoms with Gasteiger partial charge in [-0.1, -0.05) is 24.7 Å². The molecule has 0 radical (unpaired) electrons. The molecule has 0 aromatic heterocycles. The molecule has 1 aliphatic carbocycles. The fraction of sp³-hybridized carbons (Fsp3) is 0.471. The molecule has 1 saturated carbocycles. The molecule has 1 aromatic carbocycles. The molecular weight excluding hydrogens is 250 g/mol. The van der Waals surface area contributed by atoms with Crippen LogP contribution in [0.4, 0.5) is 0 Å². The van der Waals surface area contributed by atoms with Crippen molar-refractivity contribution in [1.82, 2.24) is 4.90 Å². The Morgan fingerprint density at radius 3 is 2.55 bits per heavy atom. The zero-order valence-electron chi connectivity index (χ0n) is 11.9. The van der Waals surface area contributed by atoms with Crippen molar-refractivity contribution >= 4 is 5.91 Å². The average molecular weight is 271 g/mol. The smallest absolute Gasteiger partial charge is 0.253 e. The maximum atomic E-state index is 12.4. The fourth-order valence-corrected chi connectivity index (χ4v) is 2.58. The van der Waals surface area contributed by atoms with Gasteiger partial charge in [0.15, 0.2) is 0 Å². The molecule has 1 amide bonds. The minimum Gasteiger partial charge on any atom is -0.395 e. The number of rotatable bonds is 3. The fourth-order valence-electron chi connectivity index (χ4n) is 2.58. The second-order valence-corrected chi connectivity index (χ2v) is 5.21. The van der Waals surface area contributed by atoms with E-state index in [9.17, 15) is 4.79 Å². The lowest BCUT2D eigenvalue weighted by Gasteiger charge is -2.24. The molecule has 1 aromatic rings. The molecule has 1 fully saturated rings. The van der Waals surface area contributed by atoms with Crippen molar-refractivity contribution in [2.24, 2.45) is 0 Å². The third-order valence-electron chi connectivity index (χ3n) is 3.79. The number of nitrogens with zero attached hydrogens (tertiary/aromatic N) is 1. The van der Waals surface area contributed by atoms with E-state index in [-0.39, 0.29) is 12.5 Å². The molecule has 0 spiro atoms. The van der Waals surface area contributed by atoms with Crippen LogP contribution in [0.1, 0.15) is 48.0 Å². The lowest BCUT2D eigenvalue weighted by Crippen LogP contribution is -2.35. The molecule has 0 atom stereocenters. The minimum absolute atomic E-state index is 0.0791. The summed E-state index contributed by atoms with van der Waals surface area (Å²) in [6.07, 6.45) is 5.16. The summed E-state index contributed by atoms with van der Waals surface area (Å²) in [5, 5.41) is 8.67. The molecule has 20 heavy (non-hydrogen) atoms. The van der Waals surface area contributed by atoms with Gasteiger partial charge in [-0.2, -0.15) is 0 Å². The quantitative estimate of drug-likeness (QED) is 0.858. The highest BCUT2D eigenvalue weighted by Gasteiger charge is 2.23. The first-order valence-corrected chi connectivity index (χ1v) is 7.19. The average Bonchev–Trinajstić information content (AvgIpc) is 3.01. The van der Waals surface area contributed by atoms with Crippen molar-refractivity contribution in [2.45, 2.75) is 38.1 Å². The highest BCUT2D eigenvalue weighted by Crippen LogP contribution is 2.23. The Kier molecular flexibility index (Phi) is 5.20. The van der Waals surface area contributed by atoms with Crippen molar-refractivity contribution in [3.63, 3.8) is 0 Å². The SMILES string of the molecule is CN(C(=O)c1ccc(C#CCCO)cc1)C1CCCC1. The maximum Gasteiger partial charge on any atom is 0.253 e. The van der Waals surface area contributed by atoms with Gasteiger partial charge in [-0.3, -0.25) is 4.79 Å². The summed E-state index contributed by atoms with van der Waals surface area (Å²) in [5.74, 6) is 5.92. The molecule has 0 heterocycles. The first-order chi connectivity index (χ1) is 9.72. The summed E-state index contributed by atoms with van der Waals surface area (Å²) in [6.45, 7) is 0.0791. The zero-order valence-corrected chi connectivity index (χ0v) is 11.9. The van der Waals surface area contributed by atoms with Crippen molar-refractivity contribution in [3.8, 4) is 11.8 Å². The molecule has 0 saturated heterocycles. The highest BCUT2D eigenvalue weighted by atomic mass is 16.2. The number of benzene rings is 1. The monoisotopic (exact) mass is 271 g/mol. The molecule has 0 bridgehead atoms. The minimum atomic E-state index is 0.0791. The topological polar surface area (TPSA) is 40.5 Å². The lowest BCUT2D eigenvalue weighted by molar-refractivity contribution is 0.0735. The van der Waals surface area contributed by atoms with Gasteiger partial charge in [0.2, 0.25) is 0 Å². The van der Waals surface area contributed by atoms with Gasteiger partial charge in [-0.05, 0) is 37.1 Å². The van der Waals surface area contributed by atoms with Crippen LogP contribution in [0.15, 0.2) is 24.3 Å². The second-order valence-electron chi connectivity index (χ2n) is 5.21. The third kappa shape index (κ3) is 3.61. The van der Waals surface area contributed by atoms with Crippen LogP contribution in [-0.2, 0) is 0 Å². The molecule has 1 N–H and O–H groups in total. The highest BCUT2D eigenvalue weighted by molar-refractivity contribution is 5.94. The Hall–Kier alpha value is -1.79.